The minimum absolute atomic E-state index is 0.0632. The van der Waals surface area contributed by atoms with Gasteiger partial charge >= 0.3 is 0 Å². The van der Waals surface area contributed by atoms with Crippen LogP contribution in [-0.4, -0.2) is 35.4 Å². The number of aliphatic hydroxyl groups is 1. The van der Waals surface area contributed by atoms with E-state index < -0.39 is 11.9 Å². The maximum Gasteiger partial charge on any atom is 0.141 e. The van der Waals surface area contributed by atoms with Gasteiger partial charge in [0.25, 0.3) is 0 Å². The molecule has 1 aliphatic rings. The van der Waals surface area contributed by atoms with Crippen LogP contribution in [0.3, 0.4) is 0 Å². The predicted octanol–water partition coefficient (Wildman–Crippen LogP) is 3.22. The van der Waals surface area contributed by atoms with Crippen molar-refractivity contribution in [2.45, 2.75) is 63.7 Å². The molecule has 1 unspecified atom stereocenters. The summed E-state index contributed by atoms with van der Waals surface area (Å²) < 4.78 is 18.6. The summed E-state index contributed by atoms with van der Waals surface area (Å²) in [7, 11) is 1.79. The van der Waals surface area contributed by atoms with Crippen LogP contribution in [-0.2, 0) is 4.74 Å². The van der Waals surface area contributed by atoms with Crippen LogP contribution in [0.2, 0.25) is 0 Å². The molecule has 1 saturated carbocycles. The summed E-state index contributed by atoms with van der Waals surface area (Å²) in [5.41, 5.74) is 0.445. The van der Waals surface area contributed by atoms with Gasteiger partial charge in [0.1, 0.15) is 5.82 Å². The van der Waals surface area contributed by atoms with Crippen LogP contribution in [0.25, 0.3) is 0 Å². The topological polar surface area (TPSA) is 54.4 Å². The van der Waals surface area contributed by atoms with Gasteiger partial charge in [-0.05, 0) is 57.9 Å². The van der Waals surface area contributed by atoms with E-state index in [1.165, 1.54) is 25.1 Å². The molecule has 2 rings (SSSR count). The molecule has 0 radical (unpaired) electrons. The molecule has 1 fully saturated rings. The third-order valence-corrected chi connectivity index (χ3v) is 4.81. The molecule has 5 heteroatoms. The number of ether oxygens (including phenoxy) is 1. The van der Waals surface area contributed by atoms with Gasteiger partial charge in [0.15, 0.2) is 0 Å². The fourth-order valence-electron chi connectivity index (χ4n) is 3.47. The van der Waals surface area contributed by atoms with Gasteiger partial charge in [-0.1, -0.05) is 0 Å². The first-order valence-corrected chi connectivity index (χ1v) is 8.46. The average molecular weight is 324 g/mol. The second-order valence-corrected chi connectivity index (χ2v) is 7.30. The summed E-state index contributed by atoms with van der Waals surface area (Å²) in [5, 5.41) is 13.6. The van der Waals surface area contributed by atoms with Gasteiger partial charge in [0, 0.05) is 31.0 Å². The van der Waals surface area contributed by atoms with Crippen molar-refractivity contribution in [2.24, 2.45) is 5.92 Å². The average Bonchev–Trinajstić information content (AvgIpc) is 2.53. The molecule has 2 N–H and O–H groups in total. The van der Waals surface area contributed by atoms with Crippen LogP contribution in [0.15, 0.2) is 18.5 Å². The number of halogens is 1. The zero-order valence-corrected chi connectivity index (χ0v) is 14.4. The maximum absolute atomic E-state index is 13.2. The number of nitrogens with one attached hydrogen (secondary N) is 1. The van der Waals surface area contributed by atoms with E-state index in [4.69, 9.17) is 4.74 Å². The molecule has 1 aliphatic carbocycles. The predicted molar refractivity (Wildman–Crippen MR) is 88.6 cm³/mol. The standard InChI is InChI=1S/C18H29FN2O2/c1-18(2,9-13-4-6-16(23-3)7-5-13)21-12-17(22)14-8-15(19)11-20-10-14/h8,10-11,13,16-17,21-22H,4-7,9,12H2,1-3H3. The number of hydrogen-bond donors (Lipinski definition) is 2. The summed E-state index contributed by atoms with van der Waals surface area (Å²) in [6.07, 6.45) is 8.05. The van der Waals surface area contributed by atoms with Crippen molar-refractivity contribution < 1.29 is 14.2 Å². The van der Waals surface area contributed by atoms with Crippen LogP contribution >= 0.6 is 0 Å². The van der Waals surface area contributed by atoms with Crippen molar-refractivity contribution in [1.29, 1.82) is 0 Å². The lowest BCUT2D eigenvalue weighted by Crippen LogP contribution is -2.43. The second-order valence-electron chi connectivity index (χ2n) is 7.30. The number of methoxy groups -OCH3 is 1. The van der Waals surface area contributed by atoms with E-state index >= 15 is 0 Å². The van der Waals surface area contributed by atoms with E-state index in [9.17, 15) is 9.50 Å². The first-order chi connectivity index (χ1) is 10.9. The summed E-state index contributed by atoms with van der Waals surface area (Å²) in [4.78, 5) is 3.78. The van der Waals surface area contributed by atoms with Crippen molar-refractivity contribution in [3.63, 3.8) is 0 Å². The minimum atomic E-state index is -0.748. The Kier molecular flexibility index (Phi) is 6.50. The van der Waals surface area contributed by atoms with Crippen LogP contribution in [0.4, 0.5) is 4.39 Å². The van der Waals surface area contributed by atoms with Crippen molar-refractivity contribution in [2.75, 3.05) is 13.7 Å². The van der Waals surface area contributed by atoms with E-state index in [2.05, 4.69) is 24.1 Å². The Balaban J connectivity index is 1.79. The Bertz CT molecular complexity index is 488. The number of rotatable bonds is 7. The van der Waals surface area contributed by atoms with Gasteiger partial charge in [-0.2, -0.15) is 0 Å². The quantitative estimate of drug-likeness (QED) is 0.808. The summed E-state index contributed by atoms with van der Waals surface area (Å²) in [5.74, 6) is 0.271. The Morgan fingerprint density at radius 2 is 2.04 bits per heavy atom. The fourth-order valence-corrected chi connectivity index (χ4v) is 3.47. The van der Waals surface area contributed by atoms with Gasteiger partial charge in [-0.3, -0.25) is 4.98 Å². The number of β-amino-alcohol motifs (C(OH)–C–C–N with tert-alkyl or cyclic N) is 1. The molecular formula is C18H29FN2O2. The Labute approximate surface area is 138 Å². The lowest BCUT2D eigenvalue weighted by atomic mass is 9.79. The molecule has 1 aromatic rings. The summed E-state index contributed by atoms with van der Waals surface area (Å²) in [6, 6.07) is 1.33. The molecule has 1 aromatic heterocycles. The monoisotopic (exact) mass is 324 g/mol. The molecule has 0 spiro atoms. The van der Waals surface area contributed by atoms with E-state index in [-0.39, 0.29) is 5.54 Å². The number of hydrogen-bond acceptors (Lipinski definition) is 4. The van der Waals surface area contributed by atoms with E-state index in [0.717, 1.165) is 25.5 Å². The molecule has 1 atom stereocenters. The summed E-state index contributed by atoms with van der Waals surface area (Å²) >= 11 is 0. The van der Waals surface area contributed by atoms with Crippen LogP contribution in [0.1, 0.15) is 57.6 Å². The summed E-state index contributed by atoms with van der Waals surface area (Å²) in [6.45, 7) is 4.71. The lowest BCUT2D eigenvalue weighted by molar-refractivity contribution is 0.0505. The highest BCUT2D eigenvalue weighted by Crippen LogP contribution is 2.32. The molecule has 0 aliphatic heterocycles. The third kappa shape index (κ3) is 5.83. The van der Waals surface area contributed by atoms with Crippen molar-refractivity contribution >= 4 is 0 Å². The Hall–Kier alpha value is -1.04. The molecule has 1 heterocycles. The van der Waals surface area contributed by atoms with Crippen molar-refractivity contribution in [1.82, 2.24) is 10.3 Å². The zero-order chi connectivity index (χ0) is 16.9. The molecule has 0 saturated heterocycles. The van der Waals surface area contributed by atoms with Gasteiger partial charge in [0.2, 0.25) is 0 Å². The van der Waals surface area contributed by atoms with Gasteiger partial charge in [-0.15, -0.1) is 0 Å². The van der Waals surface area contributed by atoms with E-state index in [1.54, 1.807) is 7.11 Å². The van der Waals surface area contributed by atoms with Gasteiger partial charge in [-0.25, -0.2) is 4.39 Å². The van der Waals surface area contributed by atoms with Crippen LogP contribution < -0.4 is 5.32 Å². The minimum Gasteiger partial charge on any atom is -0.387 e. The Morgan fingerprint density at radius 3 is 2.65 bits per heavy atom. The van der Waals surface area contributed by atoms with Gasteiger partial charge < -0.3 is 15.2 Å². The lowest BCUT2D eigenvalue weighted by Gasteiger charge is -2.35. The number of aromatic nitrogens is 1. The highest BCUT2D eigenvalue weighted by Gasteiger charge is 2.27. The highest BCUT2D eigenvalue weighted by atomic mass is 19.1. The molecule has 0 aromatic carbocycles. The maximum atomic E-state index is 13.2. The van der Waals surface area contributed by atoms with E-state index in [0.29, 0.717) is 24.1 Å². The third-order valence-electron chi connectivity index (χ3n) is 4.81. The zero-order valence-electron chi connectivity index (χ0n) is 14.4. The molecule has 4 nitrogen and oxygen atoms in total. The fraction of sp³-hybridized carbons (Fsp3) is 0.722. The smallest absolute Gasteiger partial charge is 0.141 e. The second kappa shape index (κ2) is 8.18. The van der Waals surface area contributed by atoms with Crippen molar-refractivity contribution in [3.05, 3.63) is 29.8 Å². The first kappa shape index (κ1) is 18.3. The molecule has 130 valence electrons. The highest BCUT2D eigenvalue weighted by molar-refractivity contribution is 5.13. The van der Waals surface area contributed by atoms with E-state index in [1.807, 2.05) is 0 Å². The van der Waals surface area contributed by atoms with Crippen LogP contribution in [0, 0.1) is 11.7 Å². The number of pyridine rings is 1. The Morgan fingerprint density at radius 1 is 1.35 bits per heavy atom. The van der Waals surface area contributed by atoms with Crippen molar-refractivity contribution in [3.8, 4) is 0 Å². The SMILES string of the molecule is COC1CCC(CC(C)(C)NCC(O)c2cncc(F)c2)CC1. The van der Waals surface area contributed by atoms with Crippen LogP contribution in [0.5, 0.6) is 0 Å². The molecule has 0 amide bonds. The first-order valence-electron chi connectivity index (χ1n) is 8.46. The number of aliphatic hydroxyl groups excluding tert-OH is 1. The largest absolute Gasteiger partial charge is 0.387 e. The number of nitrogens with zero attached hydrogens (tertiary/aromatic N) is 1. The molecule has 23 heavy (non-hydrogen) atoms. The normalized spacial score (nSPS) is 23.7. The molecular weight excluding hydrogens is 295 g/mol. The van der Waals surface area contributed by atoms with Gasteiger partial charge in [0.05, 0.1) is 18.4 Å². The molecule has 0 bridgehead atoms.